The molecule has 1 saturated heterocycles. The third kappa shape index (κ3) is 3.15. The topological polar surface area (TPSA) is 79.0 Å². The fourth-order valence-corrected chi connectivity index (χ4v) is 4.10. The Morgan fingerprint density at radius 2 is 2.04 bits per heavy atom. The number of benzene rings is 1. The summed E-state index contributed by atoms with van der Waals surface area (Å²) in [4.78, 5) is 40.0. The summed E-state index contributed by atoms with van der Waals surface area (Å²) in [6.07, 6.45) is 2.88. The van der Waals surface area contributed by atoms with Gasteiger partial charge in [0.2, 0.25) is 5.91 Å². The van der Waals surface area contributed by atoms with Crippen LogP contribution in [-0.4, -0.2) is 59.9 Å². The van der Waals surface area contributed by atoms with Gasteiger partial charge >= 0.3 is 0 Å². The zero-order valence-electron chi connectivity index (χ0n) is 15.8. The van der Waals surface area contributed by atoms with Crippen molar-refractivity contribution in [3.63, 3.8) is 0 Å². The van der Waals surface area contributed by atoms with Gasteiger partial charge in [-0.05, 0) is 36.5 Å². The van der Waals surface area contributed by atoms with Crippen LogP contribution in [0.1, 0.15) is 47.2 Å². The maximum atomic E-state index is 12.9. The Labute approximate surface area is 158 Å². The molecule has 144 valence electrons. The summed E-state index contributed by atoms with van der Waals surface area (Å²) in [7, 11) is 3.20. The normalized spacial score (nSPS) is 23.8. The maximum absolute atomic E-state index is 12.9. The van der Waals surface area contributed by atoms with E-state index in [0.29, 0.717) is 38.1 Å². The fraction of sp³-hybridized carbons (Fsp3) is 0.550. The van der Waals surface area contributed by atoms with Crippen molar-refractivity contribution in [2.24, 2.45) is 0 Å². The van der Waals surface area contributed by atoms with E-state index in [0.717, 1.165) is 28.9 Å². The summed E-state index contributed by atoms with van der Waals surface area (Å²) in [5.74, 6) is -0.590. The Morgan fingerprint density at radius 3 is 2.74 bits per heavy atom. The molecular formula is C20H25N3O4. The van der Waals surface area contributed by atoms with Gasteiger partial charge in [-0.15, -0.1) is 0 Å². The number of methoxy groups -OCH3 is 1. The lowest BCUT2D eigenvalue weighted by atomic mass is 10.0. The number of hydrogen-bond acceptors (Lipinski definition) is 5. The number of ether oxygens (including phenoxy) is 1. The van der Waals surface area contributed by atoms with Crippen LogP contribution in [0.15, 0.2) is 18.2 Å². The molecule has 0 spiro atoms. The van der Waals surface area contributed by atoms with E-state index in [-0.39, 0.29) is 23.3 Å². The molecule has 1 N–H and O–H groups in total. The number of fused-ring (bicyclic) bond motifs is 1. The predicted molar refractivity (Wildman–Crippen MR) is 97.8 cm³/mol. The highest BCUT2D eigenvalue weighted by atomic mass is 16.5. The van der Waals surface area contributed by atoms with Crippen molar-refractivity contribution < 1.29 is 19.1 Å². The molecule has 3 aliphatic rings. The SMILES string of the molecule is COCC1(NCc2cccc3c2CN(C2CCC(=O)N(C)C2=O)C3=O)CC1. The van der Waals surface area contributed by atoms with Crippen LogP contribution in [-0.2, 0) is 27.4 Å². The number of likely N-dealkylation sites (tertiary alicyclic amines) is 1. The van der Waals surface area contributed by atoms with Crippen LogP contribution in [0.2, 0.25) is 0 Å². The monoisotopic (exact) mass is 371 g/mol. The van der Waals surface area contributed by atoms with Crippen molar-refractivity contribution in [3.8, 4) is 0 Å². The van der Waals surface area contributed by atoms with Crippen molar-refractivity contribution in [3.05, 3.63) is 34.9 Å². The number of amides is 3. The Morgan fingerprint density at radius 1 is 1.26 bits per heavy atom. The third-order valence-corrected chi connectivity index (χ3v) is 6.02. The summed E-state index contributed by atoms with van der Waals surface area (Å²) in [6, 6.07) is 5.19. The molecule has 3 amide bonds. The quantitative estimate of drug-likeness (QED) is 0.757. The van der Waals surface area contributed by atoms with E-state index in [1.807, 2.05) is 18.2 Å². The van der Waals surface area contributed by atoms with Gasteiger partial charge in [0.15, 0.2) is 0 Å². The van der Waals surface area contributed by atoms with E-state index in [1.165, 1.54) is 7.05 Å². The maximum Gasteiger partial charge on any atom is 0.255 e. The van der Waals surface area contributed by atoms with Crippen molar-refractivity contribution in [2.75, 3.05) is 20.8 Å². The Hall–Kier alpha value is -2.25. The highest BCUT2D eigenvalue weighted by molar-refractivity contribution is 6.05. The minimum absolute atomic E-state index is 0.0577. The minimum atomic E-state index is -0.559. The molecule has 0 aromatic heterocycles. The molecule has 2 heterocycles. The van der Waals surface area contributed by atoms with Crippen LogP contribution < -0.4 is 5.32 Å². The van der Waals surface area contributed by atoms with Crippen molar-refractivity contribution in [1.82, 2.24) is 15.1 Å². The average Bonchev–Trinajstić information content (AvgIpc) is 3.35. The summed E-state index contributed by atoms with van der Waals surface area (Å²) in [5, 5.41) is 3.57. The number of hydrogen-bond donors (Lipinski definition) is 1. The first-order valence-electron chi connectivity index (χ1n) is 9.42. The summed E-state index contributed by atoms with van der Waals surface area (Å²) in [5.41, 5.74) is 2.79. The van der Waals surface area contributed by atoms with Gasteiger partial charge in [-0.3, -0.25) is 19.3 Å². The first kappa shape index (κ1) is 18.1. The Bertz CT molecular complexity index is 802. The summed E-state index contributed by atoms with van der Waals surface area (Å²) < 4.78 is 5.30. The highest BCUT2D eigenvalue weighted by Crippen LogP contribution is 2.36. The van der Waals surface area contributed by atoms with E-state index in [4.69, 9.17) is 4.74 Å². The van der Waals surface area contributed by atoms with Gasteiger partial charge in [-0.25, -0.2) is 0 Å². The van der Waals surface area contributed by atoms with E-state index >= 15 is 0 Å². The van der Waals surface area contributed by atoms with Crippen molar-refractivity contribution in [2.45, 2.75) is 50.4 Å². The Kier molecular flexibility index (Phi) is 4.52. The van der Waals surface area contributed by atoms with Gasteiger partial charge in [0, 0.05) is 44.8 Å². The van der Waals surface area contributed by atoms with E-state index < -0.39 is 6.04 Å². The number of carbonyl (C=O) groups excluding carboxylic acids is 3. The van der Waals surface area contributed by atoms with Crippen LogP contribution in [0.25, 0.3) is 0 Å². The first-order chi connectivity index (χ1) is 13.0. The van der Waals surface area contributed by atoms with E-state index in [1.54, 1.807) is 12.0 Å². The zero-order chi connectivity index (χ0) is 19.2. The second-order valence-corrected chi connectivity index (χ2v) is 7.79. The fourth-order valence-electron chi connectivity index (χ4n) is 4.10. The third-order valence-electron chi connectivity index (χ3n) is 6.02. The molecule has 7 heteroatoms. The lowest BCUT2D eigenvalue weighted by Crippen LogP contribution is -2.53. The molecule has 2 fully saturated rings. The van der Waals surface area contributed by atoms with Gasteiger partial charge in [0.25, 0.3) is 11.8 Å². The molecule has 2 aliphatic heterocycles. The molecule has 7 nitrogen and oxygen atoms in total. The lowest BCUT2D eigenvalue weighted by molar-refractivity contribution is -0.150. The van der Waals surface area contributed by atoms with Gasteiger partial charge in [0.05, 0.1) is 6.61 Å². The van der Waals surface area contributed by atoms with Crippen LogP contribution in [0.3, 0.4) is 0 Å². The van der Waals surface area contributed by atoms with Crippen molar-refractivity contribution in [1.29, 1.82) is 0 Å². The molecule has 1 aromatic carbocycles. The Balaban J connectivity index is 1.52. The number of piperidine rings is 1. The molecule has 1 aromatic rings. The minimum Gasteiger partial charge on any atom is -0.383 e. The zero-order valence-corrected chi connectivity index (χ0v) is 15.8. The molecule has 1 unspecified atom stereocenters. The molecule has 0 radical (unpaired) electrons. The predicted octanol–water partition coefficient (Wildman–Crippen LogP) is 1.06. The molecule has 1 aliphatic carbocycles. The van der Waals surface area contributed by atoms with Gasteiger partial charge < -0.3 is 15.0 Å². The van der Waals surface area contributed by atoms with E-state index in [2.05, 4.69) is 5.32 Å². The van der Waals surface area contributed by atoms with Gasteiger partial charge in [-0.1, -0.05) is 12.1 Å². The second kappa shape index (κ2) is 6.73. The van der Waals surface area contributed by atoms with E-state index in [9.17, 15) is 14.4 Å². The first-order valence-corrected chi connectivity index (χ1v) is 9.42. The number of nitrogens with one attached hydrogen (secondary N) is 1. The molecule has 0 bridgehead atoms. The van der Waals surface area contributed by atoms with Crippen LogP contribution >= 0.6 is 0 Å². The number of likely N-dealkylation sites (N-methyl/N-ethyl adjacent to an activating group) is 1. The van der Waals surface area contributed by atoms with Gasteiger partial charge in [0.1, 0.15) is 6.04 Å². The average molecular weight is 371 g/mol. The van der Waals surface area contributed by atoms with Crippen molar-refractivity contribution >= 4 is 17.7 Å². The smallest absolute Gasteiger partial charge is 0.255 e. The number of rotatable bonds is 6. The van der Waals surface area contributed by atoms with Gasteiger partial charge in [-0.2, -0.15) is 0 Å². The summed E-state index contributed by atoms with van der Waals surface area (Å²) >= 11 is 0. The van der Waals surface area contributed by atoms with Crippen LogP contribution in [0.4, 0.5) is 0 Å². The summed E-state index contributed by atoms with van der Waals surface area (Å²) in [6.45, 7) is 1.77. The molecule has 4 rings (SSSR count). The molecule has 1 atom stereocenters. The largest absolute Gasteiger partial charge is 0.383 e. The molecule has 27 heavy (non-hydrogen) atoms. The van der Waals surface area contributed by atoms with Crippen LogP contribution in [0.5, 0.6) is 0 Å². The number of carbonyl (C=O) groups is 3. The lowest BCUT2D eigenvalue weighted by Gasteiger charge is -2.33. The van der Waals surface area contributed by atoms with Crippen LogP contribution in [0, 0.1) is 0 Å². The number of nitrogens with zero attached hydrogens (tertiary/aromatic N) is 2. The highest BCUT2D eigenvalue weighted by Gasteiger charge is 2.44. The molecular weight excluding hydrogens is 346 g/mol. The second-order valence-electron chi connectivity index (χ2n) is 7.79. The number of imide groups is 1. The molecule has 1 saturated carbocycles. The standard InChI is InChI=1S/C20H25N3O4/c1-22-17(24)7-6-16(19(22)26)23-11-15-13(4-3-5-14(15)18(23)25)10-21-20(8-9-20)12-27-2/h3-5,16,21H,6-12H2,1-2H3.